The van der Waals surface area contributed by atoms with E-state index in [-0.39, 0.29) is 5.41 Å². The van der Waals surface area contributed by atoms with Crippen LogP contribution in [-0.4, -0.2) is 37.7 Å². The minimum absolute atomic E-state index is 0.172. The van der Waals surface area contributed by atoms with Crippen LogP contribution in [0.1, 0.15) is 24.6 Å². The standard InChI is InChI=1S/C14H24N2OS/c1-2-16(9-13-5-3-8-18-13)11-14(10-15)6-4-7-17-12-14/h3,5,8H,2,4,6-7,9-12,15H2,1H3. The summed E-state index contributed by atoms with van der Waals surface area (Å²) in [5.74, 6) is 0. The molecule has 0 saturated carbocycles. The molecule has 0 aliphatic carbocycles. The number of rotatable bonds is 6. The van der Waals surface area contributed by atoms with Gasteiger partial charge in [0.25, 0.3) is 0 Å². The van der Waals surface area contributed by atoms with Gasteiger partial charge in [0, 0.05) is 36.5 Å². The fourth-order valence-electron chi connectivity index (χ4n) is 2.64. The molecule has 0 aromatic carbocycles. The Kier molecular flexibility index (Phi) is 5.18. The molecule has 1 aromatic rings. The van der Waals surface area contributed by atoms with E-state index in [4.69, 9.17) is 10.5 Å². The maximum Gasteiger partial charge on any atom is 0.0546 e. The largest absolute Gasteiger partial charge is 0.381 e. The molecule has 18 heavy (non-hydrogen) atoms. The van der Waals surface area contributed by atoms with E-state index < -0.39 is 0 Å². The maximum atomic E-state index is 6.01. The molecular formula is C14H24N2OS. The lowest BCUT2D eigenvalue weighted by atomic mass is 9.82. The molecular weight excluding hydrogens is 244 g/mol. The van der Waals surface area contributed by atoms with E-state index in [0.717, 1.165) is 45.8 Å². The van der Waals surface area contributed by atoms with Crippen molar-refractivity contribution in [1.29, 1.82) is 0 Å². The van der Waals surface area contributed by atoms with E-state index in [2.05, 4.69) is 29.3 Å². The third-order valence-electron chi connectivity index (χ3n) is 3.80. The molecule has 102 valence electrons. The van der Waals surface area contributed by atoms with Crippen molar-refractivity contribution in [2.45, 2.75) is 26.3 Å². The Hall–Kier alpha value is -0.420. The van der Waals surface area contributed by atoms with E-state index in [1.165, 1.54) is 11.3 Å². The zero-order chi connectivity index (χ0) is 12.8. The minimum atomic E-state index is 0.172. The number of hydrogen-bond acceptors (Lipinski definition) is 4. The fourth-order valence-corrected chi connectivity index (χ4v) is 3.38. The Labute approximate surface area is 114 Å². The summed E-state index contributed by atoms with van der Waals surface area (Å²) in [5, 5.41) is 2.14. The Balaban J connectivity index is 1.95. The highest BCUT2D eigenvalue weighted by Gasteiger charge is 2.33. The second kappa shape index (κ2) is 6.66. The summed E-state index contributed by atoms with van der Waals surface area (Å²) in [6.07, 6.45) is 2.35. The van der Waals surface area contributed by atoms with Gasteiger partial charge in [-0.15, -0.1) is 11.3 Å². The zero-order valence-corrected chi connectivity index (χ0v) is 12.0. The SMILES string of the molecule is CCN(Cc1cccs1)CC1(CN)CCCOC1. The number of hydrogen-bond donors (Lipinski definition) is 1. The van der Waals surface area contributed by atoms with Crippen LogP contribution in [0.15, 0.2) is 17.5 Å². The van der Waals surface area contributed by atoms with Gasteiger partial charge in [-0.3, -0.25) is 4.90 Å². The molecule has 1 fully saturated rings. The van der Waals surface area contributed by atoms with Crippen molar-refractivity contribution in [1.82, 2.24) is 4.90 Å². The van der Waals surface area contributed by atoms with E-state index in [0.29, 0.717) is 0 Å². The van der Waals surface area contributed by atoms with E-state index in [9.17, 15) is 0 Å². The van der Waals surface area contributed by atoms with Gasteiger partial charge in [-0.25, -0.2) is 0 Å². The Bertz CT molecular complexity index is 334. The van der Waals surface area contributed by atoms with Crippen molar-refractivity contribution in [3.05, 3.63) is 22.4 Å². The molecule has 4 heteroatoms. The molecule has 0 bridgehead atoms. The summed E-state index contributed by atoms with van der Waals surface area (Å²) in [4.78, 5) is 3.92. The molecule has 1 aliphatic heterocycles. The highest BCUT2D eigenvalue weighted by Crippen LogP contribution is 2.29. The van der Waals surface area contributed by atoms with Crippen LogP contribution in [0.3, 0.4) is 0 Å². The fraction of sp³-hybridized carbons (Fsp3) is 0.714. The van der Waals surface area contributed by atoms with E-state index in [1.807, 2.05) is 11.3 Å². The van der Waals surface area contributed by atoms with Crippen molar-refractivity contribution >= 4 is 11.3 Å². The van der Waals surface area contributed by atoms with E-state index in [1.54, 1.807) is 0 Å². The quantitative estimate of drug-likeness (QED) is 0.860. The van der Waals surface area contributed by atoms with Crippen LogP contribution < -0.4 is 5.73 Å². The van der Waals surface area contributed by atoms with Gasteiger partial charge < -0.3 is 10.5 Å². The number of ether oxygens (including phenoxy) is 1. The molecule has 0 amide bonds. The smallest absolute Gasteiger partial charge is 0.0546 e. The van der Waals surface area contributed by atoms with Gasteiger partial charge in [-0.05, 0) is 30.8 Å². The van der Waals surface area contributed by atoms with Crippen molar-refractivity contribution in [3.8, 4) is 0 Å². The third-order valence-corrected chi connectivity index (χ3v) is 4.66. The van der Waals surface area contributed by atoms with Crippen molar-refractivity contribution in [3.63, 3.8) is 0 Å². The molecule has 0 radical (unpaired) electrons. The highest BCUT2D eigenvalue weighted by molar-refractivity contribution is 7.09. The second-order valence-electron chi connectivity index (χ2n) is 5.24. The summed E-state index contributed by atoms with van der Waals surface area (Å²) in [6, 6.07) is 4.33. The topological polar surface area (TPSA) is 38.5 Å². The van der Waals surface area contributed by atoms with Gasteiger partial charge in [-0.2, -0.15) is 0 Å². The van der Waals surface area contributed by atoms with Crippen molar-refractivity contribution in [2.75, 3.05) is 32.8 Å². The maximum absolute atomic E-state index is 6.01. The number of thiophene rings is 1. The first kappa shape index (κ1) is 14.0. The molecule has 1 saturated heterocycles. The molecule has 2 rings (SSSR count). The average Bonchev–Trinajstić information content (AvgIpc) is 2.92. The van der Waals surface area contributed by atoms with Crippen LogP contribution in [0.25, 0.3) is 0 Å². The second-order valence-corrected chi connectivity index (χ2v) is 6.28. The van der Waals surface area contributed by atoms with Gasteiger partial charge in [0.1, 0.15) is 0 Å². The van der Waals surface area contributed by atoms with Gasteiger partial charge >= 0.3 is 0 Å². The van der Waals surface area contributed by atoms with Gasteiger partial charge in [0.05, 0.1) is 6.61 Å². The molecule has 2 heterocycles. The Morgan fingerprint density at radius 1 is 1.56 bits per heavy atom. The predicted octanol–water partition coefficient (Wildman–Crippen LogP) is 2.33. The van der Waals surface area contributed by atoms with Crippen molar-refractivity contribution < 1.29 is 4.74 Å². The Morgan fingerprint density at radius 2 is 2.44 bits per heavy atom. The van der Waals surface area contributed by atoms with Crippen LogP contribution in [-0.2, 0) is 11.3 Å². The first-order chi connectivity index (χ1) is 8.78. The van der Waals surface area contributed by atoms with Gasteiger partial charge in [-0.1, -0.05) is 13.0 Å². The number of nitrogens with two attached hydrogens (primary N) is 1. The van der Waals surface area contributed by atoms with Crippen molar-refractivity contribution in [2.24, 2.45) is 11.1 Å². The predicted molar refractivity (Wildman–Crippen MR) is 76.8 cm³/mol. The highest BCUT2D eigenvalue weighted by atomic mass is 32.1. The summed E-state index contributed by atoms with van der Waals surface area (Å²) in [5.41, 5.74) is 6.18. The summed E-state index contributed by atoms with van der Waals surface area (Å²) in [6.45, 7) is 7.84. The van der Waals surface area contributed by atoms with E-state index >= 15 is 0 Å². The van der Waals surface area contributed by atoms with Crippen LogP contribution in [0.2, 0.25) is 0 Å². The molecule has 3 nitrogen and oxygen atoms in total. The van der Waals surface area contributed by atoms with Crippen LogP contribution in [0.5, 0.6) is 0 Å². The van der Waals surface area contributed by atoms with Gasteiger partial charge in [0.2, 0.25) is 0 Å². The summed E-state index contributed by atoms with van der Waals surface area (Å²) in [7, 11) is 0. The minimum Gasteiger partial charge on any atom is -0.381 e. The average molecular weight is 268 g/mol. The van der Waals surface area contributed by atoms with Crippen LogP contribution >= 0.6 is 11.3 Å². The third kappa shape index (κ3) is 3.54. The molecule has 1 aromatic heterocycles. The first-order valence-corrected chi connectivity index (χ1v) is 7.68. The molecule has 1 unspecified atom stereocenters. The summed E-state index contributed by atoms with van der Waals surface area (Å²) < 4.78 is 5.65. The van der Waals surface area contributed by atoms with Gasteiger partial charge in [0.15, 0.2) is 0 Å². The monoisotopic (exact) mass is 268 g/mol. The normalized spacial score (nSPS) is 24.6. The lowest BCUT2D eigenvalue weighted by molar-refractivity contribution is -0.0222. The number of nitrogens with zero attached hydrogens (tertiary/aromatic N) is 1. The molecule has 1 atom stereocenters. The first-order valence-electron chi connectivity index (χ1n) is 6.80. The Morgan fingerprint density at radius 3 is 3.00 bits per heavy atom. The zero-order valence-electron chi connectivity index (χ0n) is 11.2. The lowest BCUT2D eigenvalue weighted by Gasteiger charge is -2.39. The van der Waals surface area contributed by atoms with Crippen LogP contribution in [0, 0.1) is 5.41 Å². The molecule has 1 aliphatic rings. The molecule has 2 N–H and O–H groups in total. The summed E-state index contributed by atoms with van der Waals surface area (Å²) >= 11 is 1.83. The lowest BCUT2D eigenvalue weighted by Crippen LogP contribution is -2.47. The van der Waals surface area contributed by atoms with Crippen LogP contribution in [0.4, 0.5) is 0 Å². The molecule has 0 spiro atoms.